The summed E-state index contributed by atoms with van der Waals surface area (Å²) in [5.41, 5.74) is 1.94. The quantitative estimate of drug-likeness (QED) is 0.798. The average Bonchev–Trinajstić information content (AvgIpc) is 3.00. The van der Waals surface area contributed by atoms with Crippen LogP contribution in [0.1, 0.15) is 25.0 Å². The van der Waals surface area contributed by atoms with E-state index in [9.17, 15) is 4.79 Å². The van der Waals surface area contributed by atoms with Crippen molar-refractivity contribution in [3.8, 4) is 11.5 Å². The molecule has 1 spiro atoms. The third-order valence-electron chi connectivity index (χ3n) is 5.55. The van der Waals surface area contributed by atoms with Crippen LogP contribution in [0.3, 0.4) is 0 Å². The number of fused-ring (bicyclic) bond motifs is 1. The number of hydrogen-bond acceptors (Lipinski definition) is 6. The first-order valence-corrected chi connectivity index (χ1v) is 9.58. The van der Waals surface area contributed by atoms with Crippen molar-refractivity contribution in [1.29, 1.82) is 0 Å². The molecular formula is C20H28N2O5. The molecule has 3 aliphatic rings. The van der Waals surface area contributed by atoms with Gasteiger partial charge in [-0.2, -0.15) is 0 Å². The van der Waals surface area contributed by atoms with Crippen LogP contribution in [0, 0.1) is 6.92 Å². The van der Waals surface area contributed by atoms with Crippen LogP contribution in [0.15, 0.2) is 12.1 Å². The number of benzene rings is 1. The van der Waals surface area contributed by atoms with Crippen molar-refractivity contribution in [1.82, 2.24) is 9.80 Å². The predicted molar refractivity (Wildman–Crippen MR) is 98.9 cm³/mol. The second-order valence-electron chi connectivity index (χ2n) is 7.98. The molecule has 3 aliphatic heterocycles. The maximum absolute atomic E-state index is 12.3. The zero-order valence-corrected chi connectivity index (χ0v) is 16.3. The summed E-state index contributed by atoms with van der Waals surface area (Å²) in [5.74, 6) is 1.67. The molecule has 0 radical (unpaired) electrons. The minimum Gasteiger partial charge on any atom is -0.454 e. The molecule has 1 amide bonds. The summed E-state index contributed by atoms with van der Waals surface area (Å²) in [6, 6.07) is 4.25. The van der Waals surface area contributed by atoms with Crippen LogP contribution >= 0.6 is 0 Å². The smallest absolute Gasteiger partial charge is 0.248 e. The van der Waals surface area contributed by atoms with Gasteiger partial charge in [0.1, 0.15) is 12.2 Å². The summed E-state index contributed by atoms with van der Waals surface area (Å²) in [5, 5.41) is 0. The first kappa shape index (κ1) is 18.5. The van der Waals surface area contributed by atoms with E-state index >= 15 is 0 Å². The van der Waals surface area contributed by atoms with Gasteiger partial charge in [0, 0.05) is 25.7 Å². The maximum Gasteiger partial charge on any atom is 0.248 e. The molecule has 3 heterocycles. The van der Waals surface area contributed by atoms with Gasteiger partial charge in [0.2, 0.25) is 12.7 Å². The van der Waals surface area contributed by atoms with Crippen LogP contribution in [-0.2, 0) is 20.8 Å². The van der Waals surface area contributed by atoms with Crippen molar-refractivity contribution < 1.29 is 23.7 Å². The number of carbonyl (C=O) groups is 1. The fourth-order valence-corrected chi connectivity index (χ4v) is 4.06. The van der Waals surface area contributed by atoms with Gasteiger partial charge in [0.25, 0.3) is 0 Å². The molecule has 0 aromatic heterocycles. The lowest BCUT2D eigenvalue weighted by Gasteiger charge is -2.44. The van der Waals surface area contributed by atoms with E-state index in [1.807, 2.05) is 24.8 Å². The highest BCUT2D eigenvalue weighted by molar-refractivity contribution is 5.78. The molecule has 0 bridgehead atoms. The third kappa shape index (κ3) is 3.77. The van der Waals surface area contributed by atoms with Gasteiger partial charge >= 0.3 is 0 Å². The number of hydrogen-bond donors (Lipinski definition) is 0. The summed E-state index contributed by atoms with van der Waals surface area (Å²) in [6.07, 6.45) is 0. The van der Waals surface area contributed by atoms with Gasteiger partial charge in [0.15, 0.2) is 11.5 Å². The molecule has 1 aromatic rings. The second-order valence-corrected chi connectivity index (χ2v) is 7.98. The Kier molecular flexibility index (Phi) is 5.01. The highest BCUT2D eigenvalue weighted by Crippen LogP contribution is 2.35. The van der Waals surface area contributed by atoms with E-state index in [0.29, 0.717) is 19.8 Å². The molecule has 1 unspecified atom stereocenters. The van der Waals surface area contributed by atoms with Crippen LogP contribution in [0.25, 0.3) is 0 Å². The molecule has 0 N–H and O–H groups in total. The number of carbonyl (C=O) groups excluding carboxylic acids is 1. The minimum absolute atomic E-state index is 0.0363. The molecule has 1 aromatic carbocycles. The van der Waals surface area contributed by atoms with Crippen molar-refractivity contribution in [2.75, 3.05) is 46.2 Å². The number of ether oxygens (including phenoxy) is 4. The molecule has 27 heavy (non-hydrogen) atoms. The molecule has 148 valence electrons. The van der Waals surface area contributed by atoms with Crippen LogP contribution in [0.5, 0.6) is 11.5 Å². The number of morpholine rings is 1. The molecule has 2 fully saturated rings. The Morgan fingerprint density at radius 3 is 2.74 bits per heavy atom. The first-order valence-electron chi connectivity index (χ1n) is 9.58. The largest absolute Gasteiger partial charge is 0.454 e. The van der Waals surface area contributed by atoms with E-state index in [2.05, 4.69) is 17.9 Å². The Hall–Kier alpha value is -1.83. The SMILES string of the molecule is Cc1cc2c(cc1CN1CCOC3(COCC(=O)N(C(C)C)C3)C1)OCO2. The van der Waals surface area contributed by atoms with E-state index in [-0.39, 0.29) is 25.3 Å². The van der Waals surface area contributed by atoms with Gasteiger partial charge < -0.3 is 23.8 Å². The van der Waals surface area contributed by atoms with Crippen molar-refractivity contribution >= 4 is 5.91 Å². The van der Waals surface area contributed by atoms with E-state index in [1.165, 1.54) is 11.1 Å². The fourth-order valence-electron chi connectivity index (χ4n) is 4.06. The van der Waals surface area contributed by atoms with E-state index in [4.69, 9.17) is 18.9 Å². The van der Waals surface area contributed by atoms with Crippen molar-refractivity contribution in [2.24, 2.45) is 0 Å². The van der Waals surface area contributed by atoms with Crippen LogP contribution in [-0.4, -0.2) is 73.6 Å². The Morgan fingerprint density at radius 1 is 1.19 bits per heavy atom. The monoisotopic (exact) mass is 376 g/mol. The Morgan fingerprint density at radius 2 is 1.96 bits per heavy atom. The van der Waals surface area contributed by atoms with Gasteiger partial charge in [-0.1, -0.05) is 0 Å². The summed E-state index contributed by atoms with van der Waals surface area (Å²) < 4.78 is 22.9. The third-order valence-corrected chi connectivity index (χ3v) is 5.55. The minimum atomic E-state index is -0.473. The molecule has 4 rings (SSSR count). The van der Waals surface area contributed by atoms with Gasteiger partial charge in [0.05, 0.1) is 19.8 Å². The highest BCUT2D eigenvalue weighted by atomic mass is 16.7. The molecule has 7 nitrogen and oxygen atoms in total. The normalized spacial score (nSPS) is 26.1. The zero-order chi connectivity index (χ0) is 19.0. The van der Waals surface area contributed by atoms with E-state index in [1.54, 1.807) is 0 Å². The molecular weight excluding hydrogens is 348 g/mol. The summed E-state index contributed by atoms with van der Waals surface area (Å²) >= 11 is 0. The zero-order valence-electron chi connectivity index (χ0n) is 16.3. The standard InChI is InChI=1S/C20H28N2O5/c1-14(2)22-11-20(12-24-9-19(22)23)10-21(4-5-27-20)8-16-7-18-17(6-15(16)3)25-13-26-18/h6-7,14H,4-5,8-13H2,1-3H3. The molecule has 0 aliphatic carbocycles. The topological polar surface area (TPSA) is 60.5 Å². The van der Waals surface area contributed by atoms with Crippen LogP contribution < -0.4 is 9.47 Å². The second kappa shape index (κ2) is 7.30. The number of amides is 1. The van der Waals surface area contributed by atoms with E-state index in [0.717, 1.165) is 31.1 Å². The maximum atomic E-state index is 12.3. The van der Waals surface area contributed by atoms with Crippen LogP contribution in [0.2, 0.25) is 0 Å². The van der Waals surface area contributed by atoms with E-state index < -0.39 is 5.60 Å². The number of nitrogens with zero attached hydrogens (tertiary/aromatic N) is 2. The summed E-state index contributed by atoms with van der Waals surface area (Å²) in [7, 11) is 0. The summed E-state index contributed by atoms with van der Waals surface area (Å²) in [4.78, 5) is 16.6. The van der Waals surface area contributed by atoms with Gasteiger partial charge in [-0.15, -0.1) is 0 Å². The fraction of sp³-hybridized carbons (Fsp3) is 0.650. The molecule has 1 atom stereocenters. The average molecular weight is 376 g/mol. The number of rotatable bonds is 3. The summed E-state index contributed by atoms with van der Waals surface area (Å²) in [6.45, 7) is 10.6. The lowest BCUT2D eigenvalue weighted by atomic mass is 9.99. The molecule has 7 heteroatoms. The first-order chi connectivity index (χ1) is 13.0. The predicted octanol–water partition coefficient (Wildman–Crippen LogP) is 1.56. The highest BCUT2D eigenvalue weighted by Gasteiger charge is 2.42. The molecule has 2 saturated heterocycles. The van der Waals surface area contributed by atoms with Crippen LogP contribution in [0.4, 0.5) is 0 Å². The number of aryl methyl sites for hydroxylation is 1. The Bertz CT molecular complexity index is 723. The Labute approximate surface area is 160 Å². The molecule has 0 saturated carbocycles. The van der Waals surface area contributed by atoms with Crippen molar-refractivity contribution in [2.45, 2.75) is 39.0 Å². The lowest BCUT2D eigenvalue weighted by Crippen LogP contribution is -2.59. The van der Waals surface area contributed by atoms with Crippen molar-refractivity contribution in [3.63, 3.8) is 0 Å². The van der Waals surface area contributed by atoms with Crippen molar-refractivity contribution in [3.05, 3.63) is 23.3 Å². The van der Waals surface area contributed by atoms with Gasteiger partial charge in [-0.25, -0.2) is 0 Å². The Balaban J connectivity index is 1.50. The van der Waals surface area contributed by atoms with Gasteiger partial charge in [-0.05, 0) is 44.0 Å². The van der Waals surface area contributed by atoms with Gasteiger partial charge in [-0.3, -0.25) is 9.69 Å². The lowest BCUT2D eigenvalue weighted by molar-refractivity contribution is -0.147.